The van der Waals surface area contributed by atoms with E-state index in [9.17, 15) is 4.79 Å². The quantitative estimate of drug-likeness (QED) is 0.864. The standard InChI is InChI=1S/C13H10ClN3O2/c14-12-4-3-10(6-11(12)13(18)19)17-16-8-9-2-1-5-15-7-9/h1-7H,8H2,(H,18,19). The smallest absolute Gasteiger partial charge is 0.337 e. The molecule has 2 rings (SSSR count). The van der Waals surface area contributed by atoms with Crippen LogP contribution in [0.2, 0.25) is 5.02 Å². The first kappa shape index (κ1) is 13.2. The summed E-state index contributed by atoms with van der Waals surface area (Å²) in [6.45, 7) is 0.388. The van der Waals surface area contributed by atoms with Gasteiger partial charge in [0.1, 0.15) is 0 Å². The van der Waals surface area contributed by atoms with Crippen molar-refractivity contribution < 1.29 is 9.90 Å². The molecule has 0 spiro atoms. The molecule has 1 heterocycles. The lowest BCUT2D eigenvalue weighted by atomic mass is 10.2. The Labute approximate surface area is 114 Å². The van der Waals surface area contributed by atoms with Crippen LogP contribution >= 0.6 is 11.6 Å². The SMILES string of the molecule is O=C(O)c1cc(N=NCc2cccnc2)ccc1Cl. The molecule has 2 aromatic rings. The zero-order valence-electron chi connectivity index (χ0n) is 9.82. The number of pyridine rings is 1. The van der Waals surface area contributed by atoms with Gasteiger partial charge in [0.2, 0.25) is 0 Å². The third-order valence-corrected chi connectivity index (χ3v) is 2.67. The first-order valence-corrected chi connectivity index (χ1v) is 5.84. The molecule has 0 atom stereocenters. The summed E-state index contributed by atoms with van der Waals surface area (Å²) >= 11 is 5.76. The molecule has 0 amide bonds. The summed E-state index contributed by atoms with van der Waals surface area (Å²) in [5.74, 6) is -1.09. The van der Waals surface area contributed by atoms with Gasteiger partial charge in [-0.15, -0.1) is 0 Å². The fourth-order valence-electron chi connectivity index (χ4n) is 1.43. The second kappa shape index (κ2) is 6.06. The van der Waals surface area contributed by atoms with Crippen LogP contribution in [0.15, 0.2) is 53.0 Å². The molecule has 0 fully saturated rings. The first-order valence-electron chi connectivity index (χ1n) is 5.46. The lowest BCUT2D eigenvalue weighted by molar-refractivity contribution is 0.0697. The Kier molecular flexibility index (Phi) is 4.20. The molecule has 0 aliphatic rings. The lowest BCUT2D eigenvalue weighted by Gasteiger charge is -1.99. The van der Waals surface area contributed by atoms with Crippen molar-refractivity contribution in [1.29, 1.82) is 0 Å². The third kappa shape index (κ3) is 3.59. The lowest BCUT2D eigenvalue weighted by Crippen LogP contribution is -1.96. The van der Waals surface area contributed by atoms with Crippen LogP contribution in [0.1, 0.15) is 15.9 Å². The Hall–Kier alpha value is -2.27. The van der Waals surface area contributed by atoms with E-state index in [-0.39, 0.29) is 10.6 Å². The molecule has 1 aromatic heterocycles. The van der Waals surface area contributed by atoms with E-state index in [0.29, 0.717) is 12.2 Å². The van der Waals surface area contributed by atoms with Gasteiger partial charge in [-0.1, -0.05) is 17.7 Å². The minimum Gasteiger partial charge on any atom is -0.478 e. The highest BCUT2D eigenvalue weighted by Gasteiger charge is 2.08. The fourth-order valence-corrected chi connectivity index (χ4v) is 1.63. The monoisotopic (exact) mass is 275 g/mol. The molecule has 96 valence electrons. The number of rotatable bonds is 4. The maximum Gasteiger partial charge on any atom is 0.337 e. The van der Waals surface area contributed by atoms with Gasteiger partial charge in [-0.25, -0.2) is 4.79 Å². The average molecular weight is 276 g/mol. The number of hydrogen-bond donors (Lipinski definition) is 1. The van der Waals surface area contributed by atoms with Gasteiger partial charge in [-0.05, 0) is 29.8 Å². The van der Waals surface area contributed by atoms with E-state index >= 15 is 0 Å². The number of aromatic nitrogens is 1. The van der Waals surface area contributed by atoms with Crippen molar-refractivity contribution >= 4 is 23.3 Å². The largest absolute Gasteiger partial charge is 0.478 e. The third-order valence-electron chi connectivity index (χ3n) is 2.34. The van der Waals surface area contributed by atoms with Crippen molar-refractivity contribution in [2.75, 3.05) is 0 Å². The van der Waals surface area contributed by atoms with Crippen molar-refractivity contribution in [2.24, 2.45) is 10.2 Å². The summed E-state index contributed by atoms with van der Waals surface area (Å²) in [5.41, 5.74) is 1.39. The number of azo groups is 1. The highest BCUT2D eigenvalue weighted by atomic mass is 35.5. The van der Waals surface area contributed by atoms with Crippen molar-refractivity contribution in [3.63, 3.8) is 0 Å². The molecule has 0 saturated carbocycles. The van der Waals surface area contributed by atoms with Crippen LogP contribution in [-0.4, -0.2) is 16.1 Å². The maximum absolute atomic E-state index is 10.9. The predicted molar refractivity (Wildman–Crippen MR) is 70.9 cm³/mol. The number of aromatic carboxylic acids is 1. The van der Waals surface area contributed by atoms with Crippen molar-refractivity contribution in [2.45, 2.75) is 6.54 Å². The van der Waals surface area contributed by atoms with Gasteiger partial charge in [0.25, 0.3) is 0 Å². The number of carbonyl (C=O) groups is 1. The van der Waals surface area contributed by atoms with Crippen LogP contribution in [0.4, 0.5) is 5.69 Å². The molecule has 0 aliphatic carbocycles. The Morgan fingerprint density at radius 2 is 2.21 bits per heavy atom. The molecule has 0 radical (unpaired) electrons. The molecule has 0 aliphatic heterocycles. The van der Waals surface area contributed by atoms with Crippen LogP contribution in [-0.2, 0) is 6.54 Å². The van der Waals surface area contributed by atoms with Gasteiger partial charge >= 0.3 is 5.97 Å². The number of nitrogens with zero attached hydrogens (tertiary/aromatic N) is 3. The van der Waals surface area contributed by atoms with E-state index in [2.05, 4.69) is 15.2 Å². The predicted octanol–water partition coefficient (Wildman–Crippen LogP) is 3.72. The van der Waals surface area contributed by atoms with E-state index in [1.54, 1.807) is 18.5 Å². The number of benzene rings is 1. The molecule has 1 N–H and O–H groups in total. The second-order valence-electron chi connectivity index (χ2n) is 3.73. The van der Waals surface area contributed by atoms with E-state index in [1.165, 1.54) is 12.1 Å². The summed E-state index contributed by atoms with van der Waals surface area (Å²) in [6, 6.07) is 8.19. The molecule has 0 bridgehead atoms. The number of halogens is 1. The average Bonchev–Trinajstić information content (AvgIpc) is 2.41. The fraction of sp³-hybridized carbons (Fsp3) is 0.0769. The first-order chi connectivity index (χ1) is 9.16. The van der Waals surface area contributed by atoms with Crippen molar-refractivity contribution in [3.05, 3.63) is 58.9 Å². The topological polar surface area (TPSA) is 74.9 Å². The molecular formula is C13H10ClN3O2. The highest BCUT2D eigenvalue weighted by Crippen LogP contribution is 2.22. The zero-order valence-corrected chi connectivity index (χ0v) is 10.6. The summed E-state index contributed by atoms with van der Waals surface area (Å²) in [6.07, 6.45) is 3.38. The molecule has 6 heteroatoms. The molecule has 0 unspecified atom stereocenters. The Bertz CT molecular complexity index is 615. The number of carboxylic acid groups (broad SMARTS) is 1. The summed E-state index contributed by atoms with van der Waals surface area (Å²) in [7, 11) is 0. The van der Waals surface area contributed by atoms with Gasteiger partial charge in [0.05, 0.1) is 22.8 Å². The Balaban J connectivity index is 2.11. The Morgan fingerprint density at radius 3 is 2.89 bits per heavy atom. The van der Waals surface area contributed by atoms with Crippen molar-refractivity contribution in [3.8, 4) is 0 Å². The molecule has 19 heavy (non-hydrogen) atoms. The normalized spacial score (nSPS) is 10.8. The van der Waals surface area contributed by atoms with Crippen LogP contribution in [0.3, 0.4) is 0 Å². The molecule has 0 saturated heterocycles. The molecular weight excluding hydrogens is 266 g/mol. The number of carboxylic acids is 1. The minimum absolute atomic E-state index is 0.0134. The van der Waals surface area contributed by atoms with E-state index in [4.69, 9.17) is 16.7 Å². The maximum atomic E-state index is 10.9. The van der Waals surface area contributed by atoms with Gasteiger partial charge in [0.15, 0.2) is 0 Å². The molecule has 5 nitrogen and oxygen atoms in total. The summed E-state index contributed by atoms with van der Waals surface area (Å²) < 4.78 is 0. The van der Waals surface area contributed by atoms with Crippen LogP contribution < -0.4 is 0 Å². The van der Waals surface area contributed by atoms with Gasteiger partial charge in [-0.2, -0.15) is 10.2 Å². The van der Waals surface area contributed by atoms with Crippen LogP contribution in [0.25, 0.3) is 0 Å². The van der Waals surface area contributed by atoms with Gasteiger partial charge in [-0.3, -0.25) is 4.98 Å². The van der Waals surface area contributed by atoms with Gasteiger partial charge < -0.3 is 5.11 Å². The van der Waals surface area contributed by atoms with E-state index in [0.717, 1.165) is 5.56 Å². The zero-order chi connectivity index (χ0) is 13.7. The van der Waals surface area contributed by atoms with Crippen LogP contribution in [0, 0.1) is 0 Å². The van der Waals surface area contributed by atoms with Crippen molar-refractivity contribution in [1.82, 2.24) is 4.98 Å². The van der Waals surface area contributed by atoms with E-state index in [1.807, 2.05) is 12.1 Å². The summed E-state index contributed by atoms with van der Waals surface area (Å²) in [4.78, 5) is 14.9. The summed E-state index contributed by atoms with van der Waals surface area (Å²) in [5, 5.41) is 17.1. The Morgan fingerprint density at radius 1 is 1.37 bits per heavy atom. The van der Waals surface area contributed by atoms with Gasteiger partial charge in [0, 0.05) is 12.4 Å². The minimum atomic E-state index is -1.09. The molecule has 1 aromatic carbocycles. The van der Waals surface area contributed by atoms with E-state index < -0.39 is 5.97 Å². The highest BCUT2D eigenvalue weighted by molar-refractivity contribution is 6.33. The van der Waals surface area contributed by atoms with Crippen LogP contribution in [0.5, 0.6) is 0 Å². The number of hydrogen-bond acceptors (Lipinski definition) is 4. The second-order valence-corrected chi connectivity index (χ2v) is 4.14.